The SMILES string of the molecule is Cc1cn(-c2ccc(NCCN3CC(C)O[C@H](C)C3)cc2)c(=O)c2cccc(-c3ccc(C#N)cc3)c12. The van der Waals surface area contributed by atoms with E-state index < -0.39 is 0 Å². The molecule has 0 spiro atoms. The lowest BCUT2D eigenvalue weighted by Gasteiger charge is -2.35. The van der Waals surface area contributed by atoms with Crippen LogP contribution in [0.25, 0.3) is 27.6 Å². The molecule has 0 aliphatic carbocycles. The van der Waals surface area contributed by atoms with Crippen molar-refractivity contribution in [2.45, 2.75) is 33.0 Å². The quantitative estimate of drug-likeness (QED) is 0.392. The predicted octanol–water partition coefficient (Wildman–Crippen LogP) is 5.36. The number of nitrogens with one attached hydrogen (secondary N) is 1. The first-order chi connectivity index (χ1) is 17.9. The molecule has 4 aromatic rings. The van der Waals surface area contributed by atoms with E-state index in [-0.39, 0.29) is 17.8 Å². The smallest absolute Gasteiger partial charge is 0.262 e. The van der Waals surface area contributed by atoms with E-state index in [1.165, 1.54) is 0 Å². The van der Waals surface area contributed by atoms with Crippen molar-refractivity contribution in [3.63, 3.8) is 0 Å². The van der Waals surface area contributed by atoms with Gasteiger partial charge in [-0.3, -0.25) is 14.3 Å². The Kier molecular flexibility index (Phi) is 7.09. The zero-order valence-corrected chi connectivity index (χ0v) is 21.6. The molecule has 0 bridgehead atoms. The van der Waals surface area contributed by atoms with Crippen LogP contribution in [0.15, 0.2) is 77.7 Å². The number of pyridine rings is 1. The summed E-state index contributed by atoms with van der Waals surface area (Å²) in [6.07, 6.45) is 2.46. The molecule has 0 radical (unpaired) electrons. The Morgan fingerprint density at radius 1 is 1.00 bits per heavy atom. The Hall–Kier alpha value is -3.92. The Balaban J connectivity index is 1.36. The maximum Gasteiger partial charge on any atom is 0.262 e. The second-order valence-corrected chi connectivity index (χ2v) is 9.90. The van der Waals surface area contributed by atoms with E-state index in [2.05, 4.69) is 30.1 Å². The number of aryl methyl sites for hydroxylation is 1. The molecule has 1 fully saturated rings. The lowest BCUT2D eigenvalue weighted by atomic mass is 9.96. The van der Waals surface area contributed by atoms with E-state index in [4.69, 9.17) is 10.00 Å². The van der Waals surface area contributed by atoms with Gasteiger partial charge in [0.2, 0.25) is 0 Å². The van der Waals surface area contributed by atoms with Crippen LogP contribution in [-0.4, -0.2) is 47.9 Å². The molecule has 0 amide bonds. The number of hydrogen-bond donors (Lipinski definition) is 1. The van der Waals surface area contributed by atoms with Gasteiger partial charge in [-0.15, -0.1) is 0 Å². The topological polar surface area (TPSA) is 70.3 Å². The van der Waals surface area contributed by atoms with Crippen LogP contribution in [0.5, 0.6) is 0 Å². The zero-order valence-electron chi connectivity index (χ0n) is 21.6. The van der Waals surface area contributed by atoms with E-state index in [0.29, 0.717) is 10.9 Å². The molecule has 3 aromatic carbocycles. The van der Waals surface area contributed by atoms with Crippen LogP contribution in [0.1, 0.15) is 25.0 Å². The van der Waals surface area contributed by atoms with Gasteiger partial charge in [0.25, 0.3) is 5.56 Å². The molecule has 0 saturated carbocycles. The highest BCUT2D eigenvalue weighted by molar-refractivity contribution is 5.98. The standard InChI is InChI=1S/C31H32N4O2/c1-21-18-35(27-13-11-26(12-14-27)33-15-16-34-19-22(2)37-23(3)20-34)31(36)29-6-4-5-28(30(21)29)25-9-7-24(17-32)8-10-25/h4-14,18,22-23,33H,15-16,19-20H2,1-3H3/t22-,23?/m1/s1. The van der Waals surface area contributed by atoms with Gasteiger partial charge in [-0.1, -0.05) is 24.3 Å². The summed E-state index contributed by atoms with van der Waals surface area (Å²) in [6.45, 7) is 10.0. The van der Waals surface area contributed by atoms with Gasteiger partial charge in [0, 0.05) is 49.1 Å². The molecule has 6 nitrogen and oxygen atoms in total. The first-order valence-electron chi connectivity index (χ1n) is 12.8. The molecule has 5 rings (SSSR count). The third-order valence-corrected chi connectivity index (χ3v) is 6.95. The van der Waals surface area contributed by atoms with E-state index in [1.54, 1.807) is 4.57 Å². The second-order valence-electron chi connectivity index (χ2n) is 9.90. The molecule has 6 heteroatoms. The summed E-state index contributed by atoms with van der Waals surface area (Å²) in [7, 11) is 0. The Bertz CT molecular complexity index is 1490. The van der Waals surface area contributed by atoms with Crippen LogP contribution in [0.3, 0.4) is 0 Å². The molecular formula is C31H32N4O2. The maximum atomic E-state index is 13.5. The lowest BCUT2D eigenvalue weighted by Crippen LogP contribution is -2.46. The minimum atomic E-state index is -0.0487. The largest absolute Gasteiger partial charge is 0.384 e. The summed E-state index contributed by atoms with van der Waals surface area (Å²) >= 11 is 0. The van der Waals surface area contributed by atoms with Gasteiger partial charge >= 0.3 is 0 Å². The lowest BCUT2D eigenvalue weighted by molar-refractivity contribution is -0.0667. The van der Waals surface area contributed by atoms with Crippen molar-refractivity contribution >= 4 is 16.5 Å². The minimum Gasteiger partial charge on any atom is -0.384 e. The molecule has 1 saturated heterocycles. The molecule has 1 aliphatic heterocycles. The summed E-state index contributed by atoms with van der Waals surface area (Å²) in [5.41, 5.74) is 5.44. The highest BCUT2D eigenvalue weighted by Crippen LogP contribution is 2.30. The van der Waals surface area contributed by atoms with Crippen molar-refractivity contribution in [3.05, 3.63) is 94.4 Å². The summed E-state index contributed by atoms with van der Waals surface area (Å²) in [6, 6.07) is 23.5. The van der Waals surface area contributed by atoms with Crippen LogP contribution in [0.4, 0.5) is 5.69 Å². The summed E-state index contributed by atoms with van der Waals surface area (Å²) in [4.78, 5) is 16.0. The van der Waals surface area contributed by atoms with Crippen molar-refractivity contribution in [1.29, 1.82) is 5.26 Å². The van der Waals surface area contributed by atoms with Crippen LogP contribution in [0, 0.1) is 18.3 Å². The number of ether oxygens (including phenoxy) is 1. The third-order valence-electron chi connectivity index (χ3n) is 6.95. The Morgan fingerprint density at radius 3 is 2.38 bits per heavy atom. The fraction of sp³-hybridized carbons (Fsp3) is 0.290. The molecule has 37 heavy (non-hydrogen) atoms. The van der Waals surface area contributed by atoms with Crippen LogP contribution >= 0.6 is 0 Å². The van der Waals surface area contributed by atoms with Crippen molar-refractivity contribution in [3.8, 4) is 22.9 Å². The predicted molar refractivity (Wildman–Crippen MR) is 149 cm³/mol. The molecule has 1 aromatic heterocycles. The summed E-state index contributed by atoms with van der Waals surface area (Å²) in [5.74, 6) is 0. The normalized spacial score (nSPS) is 18.0. The molecule has 188 valence electrons. The summed E-state index contributed by atoms with van der Waals surface area (Å²) < 4.78 is 7.54. The average molecular weight is 493 g/mol. The van der Waals surface area contributed by atoms with Gasteiger partial charge in [0.15, 0.2) is 0 Å². The first-order valence-corrected chi connectivity index (χ1v) is 12.8. The number of aromatic nitrogens is 1. The maximum absolute atomic E-state index is 13.5. The number of hydrogen-bond acceptors (Lipinski definition) is 5. The minimum absolute atomic E-state index is 0.0487. The van der Waals surface area contributed by atoms with Crippen LogP contribution < -0.4 is 10.9 Å². The van der Waals surface area contributed by atoms with Gasteiger partial charge in [-0.25, -0.2) is 0 Å². The number of morpholine rings is 1. The molecule has 1 unspecified atom stereocenters. The highest BCUT2D eigenvalue weighted by Gasteiger charge is 2.21. The number of fused-ring (bicyclic) bond motifs is 1. The summed E-state index contributed by atoms with van der Waals surface area (Å²) in [5, 5.41) is 14.2. The molecule has 1 aliphatic rings. The molecular weight excluding hydrogens is 460 g/mol. The Labute approximate surface area is 217 Å². The van der Waals surface area contributed by atoms with Gasteiger partial charge in [0.05, 0.1) is 23.8 Å². The monoisotopic (exact) mass is 492 g/mol. The zero-order chi connectivity index (χ0) is 25.9. The highest BCUT2D eigenvalue weighted by atomic mass is 16.5. The van der Waals surface area contributed by atoms with E-state index in [0.717, 1.165) is 59.6 Å². The number of anilines is 1. The first kappa shape index (κ1) is 24.8. The van der Waals surface area contributed by atoms with E-state index in [1.807, 2.05) is 79.9 Å². The van der Waals surface area contributed by atoms with E-state index >= 15 is 0 Å². The fourth-order valence-corrected chi connectivity index (χ4v) is 5.32. The number of nitrogens with zero attached hydrogens (tertiary/aromatic N) is 3. The number of benzene rings is 3. The van der Waals surface area contributed by atoms with Gasteiger partial charge in [0.1, 0.15) is 0 Å². The van der Waals surface area contributed by atoms with Crippen LogP contribution in [-0.2, 0) is 4.74 Å². The Morgan fingerprint density at radius 2 is 1.70 bits per heavy atom. The van der Waals surface area contributed by atoms with Gasteiger partial charge < -0.3 is 10.1 Å². The average Bonchev–Trinajstić information content (AvgIpc) is 2.90. The number of rotatable bonds is 6. The van der Waals surface area contributed by atoms with Gasteiger partial charge in [-0.05, 0) is 85.3 Å². The molecule has 2 heterocycles. The van der Waals surface area contributed by atoms with E-state index in [9.17, 15) is 4.79 Å². The van der Waals surface area contributed by atoms with Crippen LogP contribution in [0.2, 0.25) is 0 Å². The fourth-order valence-electron chi connectivity index (χ4n) is 5.32. The number of nitriles is 1. The second kappa shape index (κ2) is 10.6. The van der Waals surface area contributed by atoms with Crippen molar-refractivity contribution < 1.29 is 4.74 Å². The van der Waals surface area contributed by atoms with Crippen molar-refractivity contribution in [1.82, 2.24) is 9.47 Å². The molecule has 1 N–H and O–H groups in total. The van der Waals surface area contributed by atoms with Crippen molar-refractivity contribution in [2.75, 3.05) is 31.5 Å². The molecule has 2 atom stereocenters. The van der Waals surface area contributed by atoms with Gasteiger partial charge in [-0.2, -0.15) is 5.26 Å². The van der Waals surface area contributed by atoms with Crippen molar-refractivity contribution in [2.24, 2.45) is 0 Å². The third kappa shape index (κ3) is 5.29.